The first kappa shape index (κ1) is 14.2. The lowest BCUT2D eigenvalue weighted by Gasteiger charge is -2.10. The van der Waals surface area contributed by atoms with Gasteiger partial charge in [0.05, 0.1) is 0 Å². The molecule has 0 radical (unpaired) electrons. The predicted octanol–water partition coefficient (Wildman–Crippen LogP) is 3.63. The van der Waals surface area contributed by atoms with Crippen molar-refractivity contribution in [1.29, 1.82) is 0 Å². The van der Waals surface area contributed by atoms with E-state index >= 15 is 0 Å². The van der Waals surface area contributed by atoms with E-state index in [4.69, 9.17) is 0 Å². The summed E-state index contributed by atoms with van der Waals surface area (Å²) in [5.41, 5.74) is 0.800. The number of benzene rings is 1. The van der Waals surface area contributed by atoms with Gasteiger partial charge in [-0.1, -0.05) is 24.3 Å². The lowest BCUT2D eigenvalue weighted by atomic mass is 10.0. The Morgan fingerprint density at radius 1 is 1.28 bits per heavy atom. The molecule has 4 heteroatoms. The topological polar surface area (TPSA) is 29.4 Å². The fraction of sp³-hybridized carbons (Fsp3) is 0.286. The van der Waals surface area contributed by atoms with E-state index < -0.39 is 5.92 Å². The van der Waals surface area contributed by atoms with Crippen molar-refractivity contribution in [3.05, 3.63) is 47.0 Å². The van der Waals surface area contributed by atoms with E-state index in [1.807, 2.05) is 0 Å². The summed E-state index contributed by atoms with van der Waals surface area (Å²) in [6.07, 6.45) is 3.10. The van der Waals surface area contributed by atoms with Gasteiger partial charge < -0.3 is 0 Å². The molecule has 1 aromatic rings. The molecule has 0 aliphatic rings. The summed E-state index contributed by atoms with van der Waals surface area (Å²) in [4.78, 5) is 15.6. The molecular weight excluding hydrogens is 236 g/mol. The van der Waals surface area contributed by atoms with Gasteiger partial charge in [-0.05, 0) is 18.6 Å². The number of rotatable bonds is 4. The van der Waals surface area contributed by atoms with Crippen LogP contribution in [-0.2, 0) is 5.92 Å². The van der Waals surface area contributed by atoms with Crippen LogP contribution in [0.15, 0.2) is 40.9 Å². The average Bonchev–Trinajstić information content (AvgIpc) is 2.34. The quantitative estimate of drug-likeness (QED) is 0.456. The minimum absolute atomic E-state index is 0.101. The first-order chi connectivity index (χ1) is 8.36. The number of alkyl halides is 2. The average molecular weight is 251 g/mol. The molecule has 0 atom stereocenters. The largest absolute Gasteiger partial charge is 0.297 e. The highest BCUT2D eigenvalue weighted by Gasteiger charge is 2.24. The van der Waals surface area contributed by atoms with Gasteiger partial charge in [-0.3, -0.25) is 9.79 Å². The van der Waals surface area contributed by atoms with Crippen molar-refractivity contribution in [2.24, 2.45) is 4.99 Å². The molecule has 0 aromatic heterocycles. The van der Waals surface area contributed by atoms with Gasteiger partial charge in [0.25, 0.3) is 5.92 Å². The van der Waals surface area contributed by atoms with E-state index in [0.717, 1.165) is 6.92 Å². The first-order valence-corrected chi connectivity index (χ1v) is 5.48. The van der Waals surface area contributed by atoms with Crippen molar-refractivity contribution in [3.63, 3.8) is 0 Å². The van der Waals surface area contributed by atoms with E-state index in [9.17, 15) is 13.6 Å². The molecule has 1 aromatic carbocycles. The van der Waals surface area contributed by atoms with Crippen LogP contribution in [0.5, 0.6) is 0 Å². The number of aliphatic imine (C=N–C) groups is 1. The summed E-state index contributed by atoms with van der Waals surface area (Å²) in [6, 6.07) is 5.37. The van der Waals surface area contributed by atoms with Crippen LogP contribution < -0.4 is 0 Å². The maximum Gasteiger partial charge on any atom is 0.270 e. The highest BCUT2D eigenvalue weighted by molar-refractivity contribution is 6.10. The molecule has 96 valence electrons. The second-order valence-electron chi connectivity index (χ2n) is 4.05. The normalized spacial score (nSPS) is 13.1. The van der Waals surface area contributed by atoms with Crippen molar-refractivity contribution in [2.75, 3.05) is 7.05 Å². The van der Waals surface area contributed by atoms with Crippen LogP contribution in [0, 0.1) is 0 Å². The Morgan fingerprint density at radius 3 is 2.28 bits per heavy atom. The van der Waals surface area contributed by atoms with Crippen LogP contribution in [0.1, 0.15) is 29.8 Å². The third kappa shape index (κ3) is 3.58. The second-order valence-corrected chi connectivity index (χ2v) is 4.05. The van der Waals surface area contributed by atoms with Crippen LogP contribution in [0.2, 0.25) is 0 Å². The number of ketones is 1. The number of hydrogen-bond donors (Lipinski definition) is 0. The zero-order valence-corrected chi connectivity index (χ0v) is 10.6. The summed E-state index contributed by atoms with van der Waals surface area (Å²) in [5.74, 6) is -3.08. The summed E-state index contributed by atoms with van der Waals surface area (Å²) in [5, 5.41) is 0. The van der Waals surface area contributed by atoms with E-state index in [-0.39, 0.29) is 11.3 Å². The lowest BCUT2D eigenvalue weighted by molar-refractivity contribution is 0.0174. The SMILES string of the molecule is C/N=C\C=C(/C)C(=O)c1ccc(C(C)(F)F)cc1. The summed E-state index contributed by atoms with van der Waals surface area (Å²) < 4.78 is 26.0. The van der Waals surface area contributed by atoms with Crippen molar-refractivity contribution in [3.8, 4) is 0 Å². The Bertz CT molecular complexity index is 482. The molecular formula is C14H15F2NO. The zero-order chi connectivity index (χ0) is 13.8. The van der Waals surface area contributed by atoms with Crippen molar-refractivity contribution in [1.82, 2.24) is 0 Å². The zero-order valence-electron chi connectivity index (χ0n) is 10.6. The van der Waals surface area contributed by atoms with Gasteiger partial charge in [-0.15, -0.1) is 0 Å². The highest BCUT2D eigenvalue weighted by Crippen LogP contribution is 2.27. The standard InChI is InChI=1S/C14H15F2NO/c1-10(8-9-17-3)13(18)11-4-6-12(7-5-11)14(2,15)16/h4-9H,1-3H3/b10-8+,17-9-. The minimum Gasteiger partial charge on any atom is -0.297 e. The van der Waals surface area contributed by atoms with E-state index in [1.165, 1.54) is 30.5 Å². The Balaban J connectivity index is 2.96. The van der Waals surface area contributed by atoms with Gasteiger partial charge in [0.1, 0.15) is 0 Å². The van der Waals surface area contributed by atoms with Gasteiger partial charge >= 0.3 is 0 Å². The van der Waals surface area contributed by atoms with Gasteiger partial charge in [-0.2, -0.15) is 0 Å². The van der Waals surface area contributed by atoms with E-state index in [1.54, 1.807) is 20.0 Å². The number of nitrogens with zero attached hydrogens (tertiary/aromatic N) is 1. The molecule has 0 fully saturated rings. The molecule has 0 saturated heterocycles. The molecule has 0 unspecified atom stereocenters. The van der Waals surface area contributed by atoms with Gasteiger partial charge in [0, 0.05) is 31.3 Å². The number of halogens is 2. The van der Waals surface area contributed by atoms with Crippen LogP contribution in [0.25, 0.3) is 0 Å². The number of allylic oxidation sites excluding steroid dienone is 2. The van der Waals surface area contributed by atoms with E-state index in [2.05, 4.69) is 4.99 Å². The Morgan fingerprint density at radius 2 is 1.83 bits per heavy atom. The van der Waals surface area contributed by atoms with Crippen molar-refractivity contribution < 1.29 is 13.6 Å². The summed E-state index contributed by atoms with van der Waals surface area (Å²) >= 11 is 0. The fourth-order valence-corrected chi connectivity index (χ4v) is 1.40. The molecule has 0 aliphatic heterocycles. The van der Waals surface area contributed by atoms with Gasteiger partial charge in [-0.25, -0.2) is 8.78 Å². The van der Waals surface area contributed by atoms with E-state index in [0.29, 0.717) is 11.1 Å². The molecule has 2 nitrogen and oxygen atoms in total. The Kier molecular flexibility index (Phi) is 4.48. The van der Waals surface area contributed by atoms with Gasteiger partial charge in [0.15, 0.2) is 5.78 Å². The molecule has 0 spiro atoms. The molecule has 0 N–H and O–H groups in total. The molecule has 18 heavy (non-hydrogen) atoms. The molecule has 0 bridgehead atoms. The highest BCUT2D eigenvalue weighted by atomic mass is 19.3. The number of carbonyl (C=O) groups is 1. The van der Waals surface area contributed by atoms with Crippen LogP contribution in [0.4, 0.5) is 8.78 Å². The van der Waals surface area contributed by atoms with Crippen molar-refractivity contribution >= 4 is 12.0 Å². The monoisotopic (exact) mass is 251 g/mol. The number of hydrogen-bond acceptors (Lipinski definition) is 2. The van der Waals surface area contributed by atoms with Crippen LogP contribution in [0.3, 0.4) is 0 Å². The first-order valence-electron chi connectivity index (χ1n) is 5.48. The maximum atomic E-state index is 13.0. The minimum atomic E-state index is -2.89. The smallest absolute Gasteiger partial charge is 0.270 e. The van der Waals surface area contributed by atoms with Crippen LogP contribution >= 0.6 is 0 Å². The molecule has 0 saturated carbocycles. The molecule has 0 aliphatic carbocycles. The number of Topliss-reactive ketones (excluding diaryl/α,β-unsaturated/α-hetero) is 1. The van der Waals surface area contributed by atoms with Crippen molar-refractivity contribution in [2.45, 2.75) is 19.8 Å². The number of carbonyl (C=O) groups excluding carboxylic acids is 1. The van der Waals surface area contributed by atoms with Crippen LogP contribution in [-0.4, -0.2) is 19.0 Å². The predicted molar refractivity (Wildman–Crippen MR) is 68.5 cm³/mol. The van der Waals surface area contributed by atoms with Gasteiger partial charge in [0.2, 0.25) is 0 Å². The third-order valence-electron chi connectivity index (χ3n) is 2.49. The molecule has 0 heterocycles. The Labute approximate surface area is 105 Å². The summed E-state index contributed by atoms with van der Waals surface area (Å²) in [7, 11) is 1.60. The Hall–Kier alpha value is -1.84. The fourth-order valence-electron chi connectivity index (χ4n) is 1.40. The maximum absolute atomic E-state index is 13.0. The summed E-state index contributed by atoms with van der Waals surface area (Å²) in [6.45, 7) is 2.49. The molecule has 0 amide bonds. The second kappa shape index (κ2) is 5.67. The molecule has 1 rings (SSSR count). The lowest BCUT2D eigenvalue weighted by Crippen LogP contribution is -2.08. The third-order valence-corrected chi connectivity index (χ3v) is 2.49.